The Balaban J connectivity index is 2.27. The van der Waals surface area contributed by atoms with Crippen LogP contribution < -0.4 is 5.73 Å². The average Bonchev–Trinajstić information content (AvgIpc) is 2.51. The second kappa shape index (κ2) is 4.55. The molecule has 0 aliphatic carbocycles. The molecule has 2 rings (SSSR count). The standard InChI is InChI=1S/C12H13BrN2S/c1-7-5-9(3-4-10(7)13)6-11-8(2)15-12(14)16-11/h3-5H,6H2,1-2H3,(H2,14,15). The maximum atomic E-state index is 5.69. The van der Waals surface area contributed by atoms with Gasteiger partial charge in [-0.05, 0) is 31.0 Å². The fraction of sp³-hybridized carbons (Fsp3) is 0.250. The van der Waals surface area contributed by atoms with Crippen molar-refractivity contribution in [3.8, 4) is 0 Å². The summed E-state index contributed by atoms with van der Waals surface area (Å²) < 4.78 is 1.15. The molecule has 0 atom stereocenters. The summed E-state index contributed by atoms with van der Waals surface area (Å²) in [5, 5.41) is 0.654. The second-order valence-electron chi connectivity index (χ2n) is 3.82. The minimum Gasteiger partial charge on any atom is -0.375 e. The number of benzene rings is 1. The van der Waals surface area contributed by atoms with Gasteiger partial charge in [0.1, 0.15) is 0 Å². The van der Waals surface area contributed by atoms with Crippen molar-refractivity contribution in [2.45, 2.75) is 20.3 Å². The monoisotopic (exact) mass is 296 g/mol. The third-order valence-corrected chi connectivity index (χ3v) is 4.37. The van der Waals surface area contributed by atoms with Gasteiger partial charge < -0.3 is 5.73 Å². The van der Waals surface area contributed by atoms with Crippen molar-refractivity contribution in [1.29, 1.82) is 0 Å². The van der Waals surface area contributed by atoms with E-state index in [4.69, 9.17) is 5.73 Å². The molecular weight excluding hydrogens is 284 g/mol. The molecular formula is C12H13BrN2S. The average molecular weight is 297 g/mol. The lowest BCUT2D eigenvalue weighted by Crippen LogP contribution is -1.89. The summed E-state index contributed by atoms with van der Waals surface area (Å²) in [4.78, 5) is 5.48. The number of hydrogen-bond donors (Lipinski definition) is 1. The van der Waals surface area contributed by atoms with E-state index in [0.29, 0.717) is 5.13 Å². The summed E-state index contributed by atoms with van der Waals surface area (Å²) in [5.41, 5.74) is 9.29. The molecule has 0 aliphatic heterocycles. The number of anilines is 1. The summed E-state index contributed by atoms with van der Waals surface area (Å²) in [7, 11) is 0. The number of nitrogen functional groups attached to an aromatic ring is 1. The predicted molar refractivity (Wildman–Crippen MR) is 72.9 cm³/mol. The van der Waals surface area contributed by atoms with Gasteiger partial charge in [0.05, 0.1) is 5.69 Å². The van der Waals surface area contributed by atoms with Crippen LogP contribution in [0.1, 0.15) is 21.7 Å². The first-order valence-electron chi connectivity index (χ1n) is 5.03. The first-order valence-corrected chi connectivity index (χ1v) is 6.64. The van der Waals surface area contributed by atoms with Crippen LogP contribution in [-0.2, 0) is 6.42 Å². The third-order valence-electron chi connectivity index (χ3n) is 2.50. The maximum absolute atomic E-state index is 5.69. The van der Waals surface area contributed by atoms with Gasteiger partial charge in [0.25, 0.3) is 0 Å². The van der Waals surface area contributed by atoms with Gasteiger partial charge in [-0.25, -0.2) is 4.98 Å². The van der Waals surface area contributed by atoms with Crippen LogP contribution in [0.15, 0.2) is 22.7 Å². The van der Waals surface area contributed by atoms with Crippen LogP contribution in [0.25, 0.3) is 0 Å². The molecule has 0 bridgehead atoms. The molecule has 2 nitrogen and oxygen atoms in total. The number of rotatable bonds is 2. The van der Waals surface area contributed by atoms with E-state index in [0.717, 1.165) is 16.6 Å². The van der Waals surface area contributed by atoms with Crippen LogP contribution >= 0.6 is 27.3 Å². The van der Waals surface area contributed by atoms with Crippen LogP contribution in [0.5, 0.6) is 0 Å². The molecule has 0 saturated carbocycles. The van der Waals surface area contributed by atoms with E-state index in [9.17, 15) is 0 Å². The van der Waals surface area contributed by atoms with Gasteiger partial charge in [0, 0.05) is 15.8 Å². The summed E-state index contributed by atoms with van der Waals surface area (Å²) >= 11 is 5.08. The Kier molecular flexibility index (Phi) is 3.30. The fourth-order valence-corrected chi connectivity index (χ4v) is 2.73. The zero-order chi connectivity index (χ0) is 11.7. The molecule has 4 heteroatoms. The summed E-state index contributed by atoms with van der Waals surface area (Å²) in [6.07, 6.45) is 0.912. The zero-order valence-electron chi connectivity index (χ0n) is 9.25. The van der Waals surface area contributed by atoms with E-state index in [2.05, 4.69) is 46.0 Å². The van der Waals surface area contributed by atoms with E-state index in [-0.39, 0.29) is 0 Å². The highest BCUT2D eigenvalue weighted by atomic mass is 79.9. The minimum absolute atomic E-state index is 0.654. The molecule has 1 heterocycles. The van der Waals surface area contributed by atoms with Gasteiger partial charge in [-0.15, -0.1) is 11.3 Å². The quantitative estimate of drug-likeness (QED) is 0.918. The number of aromatic nitrogens is 1. The largest absolute Gasteiger partial charge is 0.375 e. The van der Waals surface area contributed by atoms with Crippen molar-refractivity contribution in [1.82, 2.24) is 4.98 Å². The number of thiazole rings is 1. The lowest BCUT2D eigenvalue weighted by atomic mass is 10.1. The van der Waals surface area contributed by atoms with Gasteiger partial charge in [-0.2, -0.15) is 0 Å². The molecule has 16 heavy (non-hydrogen) atoms. The van der Waals surface area contributed by atoms with Gasteiger partial charge in [0.2, 0.25) is 0 Å². The lowest BCUT2D eigenvalue weighted by Gasteiger charge is -2.03. The fourth-order valence-electron chi connectivity index (χ4n) is 1.62. The van der Waals surface area contributed by atoms with Gasteiger partial charge in [-0.3, -0.25) is 0 Å². The molecule has 2 aromatic rings. The molecule has 0 spiro atoms. The molecule has 0 saturated heterocycles. The van der Waals surface area contributed by atoms with Crippen LogP contribution in [0.4, 0.5) is 5.13 Å². The molecule has 0 radical (unpaired) electrons. The van der Waals surface area contributed by atoms with Gasteiger partial charge in [0.15, 0.2) is 5.13 Å². The first-order chi connectivity index (χ1) is 7.56. The van der Waals surface area contributed by atoms with Crippen molar-refractivity contribution < 1.29 is 0 Å². The number of hydrogen-bond acceptors (Lipinski definition) is 3. The Bertz CT molecular complexity index is 520. The van der Waals surface area contributed by atoms with Gasteiger partial charge >= 0.3 is 0 Å². The Labute approximate surface area is 108 Å². The smallest absolute Gasteiger partial charge is 0.180 e. The van der Waals surface area contributed by atoms with E-state index >= 15 is 0 Å². The molecule has 0 aliphatic rings. The van der Waals surface area contributed by atoms with Crippen molar-refractivity contribution in [2.24, 2.45) is 0 Å². The van der Waals surface area contributed by atoms with E-state index in [1.807, 2.05) is 6.92 Å². The lowest BCUT2D eigenvalue weighted by molar-refractivity contribution is 1.14. The number of nitrogens with two attached hydrogens (primary N) is 1. The Morgan fingerprint density at radius 1 is 1.38 bits per heavy atom. The predicted octanol–water partition coefficient (Wildman–Crippen LogP) is 3.70. The van der Waals surface area contributed by atoms with Crippen LogP contribution in [0.2, 0.25) is 0 Å². The molecule has 0 amide bonds. The van der Waals surface area contributed by atoms with Gasteiger partial charge in [-0.1, -0.05) is 28.1 Å². The topological polar surface area (TPSA) is 38.9 Å². The zero-order valence-corrected chi connectivity index (χ0v) is 11.7. The van der Waals surface area contributed by atoms with Crippen molar-refractivity contribution in [2.75, 3.05) is 5.73 Å². The van der Waals surface area contributed by atoms with E-state index < -0.39 is 0 Å². The maximum Gasteiger partial charge on any atom is 0.180 e. The SMILES string of the molecule is Cc1cc(Cc2sc(N)nc2C)ccc1Br. The third kappa shape index (κ3) is 2.44. The highest BCUT2D eigenvalue weighted by Gasteiger charge is 2.06. The molecule has 2 N–H and O–H groups in total. The molecule has 0 unspecified atom stereocenters. The molecule has 0 fully saturated rings. The van der Waals surface area contributed by atoms with Crippen LogP contribution in [-0.4, -0.2) is 4.98 Å². The summed E-state index contributed by atoms with van der Waals surface area (Å²) in [6.45, 7) is 4.11. The normalized spacial score (nSPS) is 10.7. The van der Waals surface area contributed by atoms with Crippen molar-refractivity contribution in [3.63, 3.8) is 0 Å². The highest BCUT2D eigenvalue weighted by molar-refractivity contribution is 9.10. The molecule has 1 aromatic carbocycles. The first kappa shape index (κ1) is 11.6. The Morgan fingerprint density at radius 3 is 2.69 bits per heavy atom. The van der Waals surface area contributed by atoms with Crippen molar-refractivity contribution in [3.05, 3.63) is 44.4 Å². The summed E-state index contributed by atoms with van der Waals surface area (Å²) in [5.74, 6) is 0. The second-order valence-corrected chi connectivity index (χ2v) is 5.79. The number of halogens is 1. The minimum atomic E-state index is 0.654. The Hall–Kier alpha value is -0.870. The Morgan fingerprint density at radius 2 is 2.12 bits per heavy atom. The highest BCUT2D eigenvalue weighted by Crippen LogP contribution is 2.24. The summed E-state index contributed by atoms with van der Waals surface area (Å²) in [6, 6.07) is 6.41. The number of nitrogens with zero attached hydrogens (tertiary/aromatic N) is 1. The molecule has 84 valence electrons. The molecule has 1 aromatic heterocycles. The van der Waals surface area contributed by atoms with Crippen molar-refractivity contribution >= 4 is 32.4 Å². The van der Waals surface area contributed by atoms with Crippen LogP contribution in [0.3, 0.4) is 0 Å². The van der Waals surface area contributed by atoms with Crippen LogP contribution in [0, 0.1) is 13.8 Å². The number of aryl methyl sites for hydroxylation is 2. The van der Waals surface area contributed by atoms with E-state index in [1.54, 1.807) is 11.3 Å². The van der Waals surface area contributed by atoms with E-state index in [1.165, 1.54) is 16.0 Å².